The van der Waals surface area contributed by atoms with Crippen molar-refractivity contribution in [2.45, 2.75) is 12.8 Å². The van der Waals surface area contributed by atoms with E-state index in [1.54, 1.807) is 0 Å². The number of amides is 1. The zero-order valence-corrected chi connectivity index (χ0v) is 23.2. The van der Waals surface area contributed by atoms with Gasteiger partial charge in [0, 0.05) is 42.6 Å². The van der Waals surface area contributed by atoms with E-state index in [9.17, 15) is 19.1 Å². The average Bonchev–Trinajstić information content (AvgIpc) is 3.00. The maximum absolute atomic E-state index is 15.2. The summed E-state index contributed by atoms with van der Waals surface area (Å²) in [6.45, 7) is 2.50. The van der Waals surface area contributed by atoms with Crippen molar-refractivity contribution in [1.29, 1.82) is 5.41 Å². The third-order valence-corrected chi connectivity index (χ3v) is 7.39. The summed E-state index contributed by atoms with van der Waals surface area (Å²) < 4.78 is 35.7. The lowest BCUT2D eigenvalue weighted by Crippen LogP contribution is -2.36. The van der Waals surface area contributed by atoms with Gasteiger partial charge in [0.2, 0.25) is 0 Å². The Balaban J connectivity index is 1.30. The number of rotatable bonds is 9. The molecule has 11 heteroatoms. The third kappa shape index (κ3) is 6.96. The molecule has 0 unspecified atom stereocenters. The minimum absolute atomic E-state index is 0.0840. The van der Waals surface area contributed by atoms with Gasteiger partial charge in [0.15, 0.2) is 17.3 Å². The number of allylic oxidation sites excluding steroid dienone is 3. The Morgan fingerprint density at radius 3 is 2.60 bits per heavy atom. The summed E-state index contributed by atoms with van der Waals surface area (Å²) in [5, 5.41) is 22.4. The number of carbonyl (C=O) groups is 1. The number of aliphatic hydroxyl groups is 1. The maximum atomic E-state index is 15.2. The lowest BCUT2D eigenvalue weighted by Gasteiger charge is -2.33. The van der Waals surface area contributed by atoms with Crippen LogP contribution >= 0.6 is 0 Å². The van der Waals surface area contributed by atoms with Gasteiger partial charge in [-0.1, -0.05) is 0 Å². The van der Waals surface area contributed by atoms with E-state index in [4.69, 9.17) is 10.1 Å². The van der Waals surface area contributed by atoms with Gasteiger partial charge in [0.05, 0.1) is 12.3 Å². The number of ether oxygens (including phenoxy) is 1. The van der Waals surface area contributed by atoms with Crippen molar-refractivity contribution in [2.24, 2.45) is 5.92 Å². The normalized spacial score (nSPS) is 16.7. The lowest BCUT2D eigenvalue weighted by molar-refractivity contribution is 0.102. The van der Waals surface area contributed by atoms with E-state index in [1.807, 2.05) is 12.3 Å². The number of anilines is 1. The molecule has 9 nitrogen and oxygen atoms in total. The van der Waals surface area contributed by atoms with Gasteiger partial charge in [-0.3, -0.25) is 14.2 Å². The molecule has 1 aromatic heterocycles. The monoisotopic (exact) mass is 587 g/mol. The molecule has 4 N–H and O–H groups in total. The van der Waals surface area contributed by atoms with Crippen LogP contribution in [0.25, 0.3) is 5.69 Å². The van der Waals surface area contributed by atoms with Crippen LogP contribution in [-0.4, -0.2) is 52.9 Å². The second kappa shape index (κ2) is 13.4. The molecule has 0 spiro atoms. The smallest absolute Gasteiger partial charge is 0.267 e. The fraction of sp³-hybridized carbons (Fsp3) is 0.219. The SMILES string of the molecule is N=C/C=C1\NC=C(C2CCN(CCO)CC2)C=C1Oc1ccc(NC(=O)c2cccn(-c3ccc(F)cc3)c2=O)cc1F. The molecule has 2 aliphatic heterocycles. The van der Waals surface area contributed by atoms with E-state index >= 15 is 4.39 Å². The molecular weight excluding hydrogens is 556 g/mol. The van der Waals surface area contributed by atoms with Crippen LogP contribution in [0, 0.1) is 23.0 Å². The highest BCUT2D eigenvalue weighted by Gasteiger charge is 2.25. The molecule has 2 aromatic carbocycles. The van der Waals surface area contributed by atoms with E-state index in [2.05, 4.69) is 15.5 Å². The lowest BCUT2D eigenvalue weighted by atomic mass is 9.88. The number of aliphatic hydroxyl groups excluding tert-OH is 1. The number of hydrogen-bond acceptors (Lipinski definition) is 7. The Morgan fingerprint density at radius 2 is 1.91 bits per heavy atom. The molecule has 43 heavy (non-hydrogen) atoms. The number of nitrogens with zero attached hydrogens (tertiary/aromatic N) is 2. The number of piperidine rings is 1. The fourth-order valence-corrected chi connectivity index (χ4v) is 5.12. The topological polar surface area (TPSA) is 120 Å². The van der Waals surface area contributed by atoms with E-state index in [1.165, 1.54) is 65.4 Å². The first-order valence-corrected chi connectivity index (χ1v) is 13.9. The largest absolute Gasteiger partial charge is 0.452 e. The van der Waals surface area contributed by atoms with Gasteiger partial charge >= 0.3 is 0 Å². The first-order chi connectivity index (χ1) is 20.9. The molecule has 0 bridgehead atoms. The van der Waals surface area contributed by atoms with Crippen molar-refractivity contribution in [1.82, 2.24) is 14.8 Å². The summed E-state index contributed by atoms with van der Waals surface area (Å²) >= 11 is 0. The number of hydrogen-bond donors (Lipinski definition) is 4. The molecule has 5 rings (SSSR count). The third-order valence-electron chi connectivity index (χ3n) is 7.39. The number of likely N-dealkylation sites (tertiary alicyclic amines) is 1. The Hall–Kier alpha value is -4.87. The van der Waals surface area contributed by atoms with Gasteiger partial charge in [-0.2, -0.15) is 0 Å². The number of carbonyl (C=O) groups excluding carboxylic acids is 1. The Bertz CT molecular complexity index is 1650. The van der Waals surface area contributed by atoms with Crippen LogP contribution in [0.15, 0.2) is 101 Å². The van der Waals surface area contributed by atoms with Crippen molar-refractivity contribution in [3.05, 3.63) is 124 Å². The molecular formula is C32H31F2N5O4. The molecule has 1 saturated heterocycles. The van der Waals surface area contributed by atoms with E-state index in [-0.39, 0.29) is 29.5 Å². The highest BCUT2D eigenvalue weighted by molar-refractivity contribution is 6.04. The van der Waals surface area contributed by atoms with Crippen LogP contribution in [0.2, 0.25) is 0 Å². The number of dihydropyridines is 1. The van der Waals surface area contributed by atoms with E-state index in [0.29, 0.717) is 23.7 Å². The van der Waals surface area contributed by atoms with Crippen molar-refractivity contribution in [3.63, 3.8) is 0 Å². The van der Waals surface area contributed by atoms with Gasteiger partial charge < -0.3 is 30.8 Å². The Morgan fingerprint density at radius 1 is 1.14 bits per heavy atom. The van der Waals surface area contributed by atoms with Crippen LogP contribution in [0.5, 0.6) is 5.75 Å². The number of β-amino-alcohol motifs (C(OH)–C–C–N with tert-alkyl or cyclic N) is 1. The summed E-state index contributed by atoms with van der Waals surface area (Å²) in [5.74, 6) is -1.40. The maximum Gasteiger partial charge on any atom is 0.267 e. The second-order valence-corrected chi connectivity index (χ2v) is 10.2. The summed E-state index contributed by atoms with van der Waals surface area (Å²) in [5.41, 5.74) is 1.22. The number of nitrogens with one attached hydrogen (secondary N) is 3. The molecule has 222 valence electrons. The first kappa shape index (κ1) is 29.6. The van der Waals surface area contributed by atoms with Crippen LogP contribution in [-0.2, 0) is 0 Å². The molecule has 0 atom stereocenters. The average molecular weight is 588 g/mol. The molecule has 1 amide bonds. The number of pyridine rings is 1. The quantitative estimate of drug-likeness (QED) is 0.277. The zero-order valence-electron chi connectivity index (χ0n) is 23.2. The summed E-state index contributed by atoms with van der Waals surface area (Å²) in [6, 6.07) is 12.1. The van der Waals surface area contributed by atoms with Gasteiger partial charge in [0.25, 0.3) is 11.5 Å². The Kier molecular flexibility index (Phi) is 9.23. The molecule has 0 aliphatic carbocycles. The highest BCUT2D eigenvalue weighted by atomic mass is 19.1. The second-order valence-electron chi connectivity index (χ2n) is 10.2. The van der Waals surface area contributed by atoms with Crippen LogP contribution in [0.1, 0.15) is 23.2 Å². The minimum atomic E-state index is -0.738. The molecule has 0 radical (unpaired) electrons. The van der Waals surface area contributed by atoms with Gasteiger partial charge in [0.1, 0.15) is 11.4 Å². The van der Waals surface area contributed by atoms with Crippen molar-refractivity contribution >= 4 is 17.8 Å². The molecule has 3 aromatic rings. The molecule has 2 aliphatic rings. The Labute approximate surface area is 246 Å². The minimum Gasteiger partial charge on any atom is -0.452 e. The van der Waals surface area contributed by atoms with Crippen LogP contribution < -0.4 is 20.9 Å². The standard InChI is InChI=1S/C32H31F2N5O4/c33-23-3-6-25(7-4-23)39-13-1-2-26(32(39)42)31(41)37-24-5-8-29(27(34)19-24)43-30-18-22(20-36-28(30)9-12-35)21-10-14-38(15-11-21)16-17-40/h1-9,12-13,18-21,35-36,40H,10-11,14-17H2,(H,37,41)/b28-9-,35-12?. The molecule has 1 fully saturated rings. The fourth-order valence-electron chi connectivity index (χ4n) is 5.12. The predicted octanol–water partition coefficient (Wildman–Crippen LogP) is 4.36. The van der Waals surface area contributed by atoms with Crippen molar-refractivity contribution in [2.75, 3.05) is 31.6 Å². The highest BCUT2D eigenvalue weighted by Crippen LogP contribution is 2.31. The van der Waals surface area contributed by atoms with Gasteiger partial charge in [-0.15, -0.1) is 0 Å². The number of halogens is 2. The summed E-state index contributed by atoms with van der Waals surface area (Å²) in [6.07, 6.45) is 9.60. The van der Waals surface area contributed by atoms with Crippen molar-refractivity contribution < 1.29 is 23.4 Å². The van der Waals surface area contributed by atoms with E-state index < -0.39 is 23.1 Å². The number of aromatic nitrogens is 1. The summed E-state index contributed by atoms with van der Waals surface area (Å²) in [4.78, 5) is 28.1. The van der Waals surface area contributed by atoms with Crippen molar-refractivity contribution in [3.8, 4) is 11.4 Å². The first-order valence-electron chi connectivity index (χ1n) is 13.9. The summed E-state index contributed by atoms with van der Waals surface area (Å²) in [7, 11) is 0. The molecule has 0 saturated carbocycles. The predicted molar refractivity (Wildman–Crippen MR) is 159 cm³/mol. The van der Waals surface area contributed by atoms with Crippen LogP contribution in [0.3, 0.4) is 0 Å². The van der Waals surface area contributed by atoms with Gasteiger partial charge in [-0.25, -0.2) is 8.78 Å². The number of benzene rings is 2. The van der Waals surface area contributed by atoms with Gasteiger partial charge in [-0.05, 0) is 98.1 Å². The van der Waals surface area contributed by atoms with E-state index in [0.717, 1.165) is 43.8 Å². The molecule has 3 heterocycles. The van der Waals surface area contributed by atoms with Crippen LogP contribution in [0.4, 0.5) is 14.5 Å². The zero-order chi connectivity index (χ0) is 30.3.